The summed E-state index contributed by atoms with van der Waals surface area (Å²) in [6, 6.07) is 13.9. The Kier molecular flexibility index (Phi) is 5.18. The van der Waals surface area contributed by atoms with E-state index in [1.54, 1.807) is 48.5 Å². The molecule has 2 unspecified atom stereocenters. The Balaban J connectivity index is 1.48. The minimum atomic E-state index is -0.261. The number of imide groups is 1. The molecule has 2 aliphatic rings. The van der Waals surface area contributed by atoms with Crippen molar-refractivity contribution < 1.29 is 14.4 Å². The first-order valence-corrected chi connectivity index (χ1v) is 9.94. The maximum atomic E-state index is 12.9. The normalized spacial score (nSPS) is 21.5. The highest BCUT2D eigenvalue weighted by Crippen LogP contribution is 2.34. The summed E-state index contributed by atoms with van der Waals surface area (Å²) in [7, 11) is 0. The van der Waals surface area contributed by atoms with E-state index in [-0.39, 0.29) is 36.1 Å². The molecule has 5 nitrogen and oxygen atoms in total. The summed E-state index contributed by atoms with van der Waals surface area (Å²) in [6.07, 6.45) is 3.55. The molecular weight excluding hydrogens is 376 g/mol. The van der Waals surface area contributed by atoms with Gasteiger partial charge in [-0.25, -0.2) is 0 Å². The van der Waals surface area contributed by atoms with E-state index in [1.807, 2.05) is 0 Å². The third-order valence-corrected chi connectivity index (χ3v) is 5.90. The Labute approximate surface area is 168 Å². The summed E-state index contributed by atoms with van der Waals surface area (Å²) >= 11 is 5.90. The van der Waals surface area contributed by atoms with Gasteiger partial charge in [-0.2, -0.15) is 0 Å². The maximum absolute atomic E-state index is 12.9. The van der Waals surface area contributed by atoms with Crippen molar-refractivity contribution in [2.24, 2.45) is 11.8 Å². The molecule has 2 aromatic rings. The van der Waals surface area contributed by atoms with E-state index in [4.69, 9.17) is 11.6 Å². The number of carbonyl (C=O) groups is 3. The van der Waals surface area contributed by atoms with Crippen LogP contribution in [0.3, 0.4) is 0 Å². The number of amides is 3. The molecule has 0 aromatic heterocycles. The molecule has 2 atom stereocenters. The first-order chi connectivity index (χ1) is 13.5. The summed E-state index contributed by atoms with van der Waals surface area (Å²) in [4.78, 5) is 39.5. The molecule has 6 heteroatoms. The first-order valence-electron chi connectivity index (χ1n) is 9.56. The van der Waals surface area contributed by atoms with Crippen LogP contribution in [0.25, 0.3) is 0 Å². The Morgan fingerprint density at radius 1 is 0.964 bits per heavy atom. The fraction of sp³-hybridized carbons (Fsp3) is 0.318. The monoisotopic (exact) mass is 396 g/mol. The van der Waals surface area contributed by atoms with Crippen LogP contribution < -0.4 is 5.32 Å². The summed E-state index contributed by atoms with van der Waals surface area (Å²) in [6.45, 7) is 0.283. The van der Waals surface area contributed by atoms with Gasteiger partial charge in [-0.3, -0.25) is 19.3 Å². The zero-order valence-corrected chi connectivity index (χ0v) is 16.1. The molecule has 1 N–H and O–H groups in total. The predicted octanol–water partition coefficient (Wildman–Crippen LogP) is 4.38. The molecule has 1 heterocycles. The molecule has 1 fully saturated rings. The van der Waals surface area contributed by atoms with Crippen LogP contribution in [-0.4, -0.2) is 29.2 Å². The van der Waals surface area contributed by atoms with Crippen molar-refractivity contribution in [2.45, 2.75) is 25.7 Å². The van der Waals surface area contributed by atoms with Gasteiger partial charge in [0, 0.05) is 23.2 Å². The average Bonchev–Trinajstić information content (AvgIpc) is 2.95. The lowest BCUT2D eigenvalue weighted by molar-refractivity contribution is -0.122. The highest BCUT2D eigenvalue weighted by Gasteiger charge is 2.39. The highest BCUT2D eigenvalue weighted by molar-refractivity contribution is 6.30. The standard InChI is InChI=1S/C22H21ClN2O3/c23-15-9-11-16(12-10-15)24-20(26)17-6-2-1-5-14(17)13-25-21(27)18-7-3-4-8-19(18)22(25)28/h3-4,7-12,14,17H,1-2,5-6,13H2,(H,24,26). The number of hydrogen-bond acceptors (Lipinski definition) is 3. The molecule has 28 heavy (non-hydrogen) atoms. The summed E-state index contributed by atoms with van der Waals surface area (Å²) in [5.74, 6) is -0.855. The van der Waals surface area contributed by atoms with Crippen molar-refractivity contribution in [2.75, 3.05) is 11.9 Å². The Morgan fingerprint density at radius 3 is 2.21 bits per heavy atom. The van der Waals surface area contributed by atoms with Crippen molar-refractivity contribution in [3.63, 3.8) is 0 Å². The minimum absolute atomic E-state index is 0.0386. The third kappa shape index (κ3) is 3.54. The van der Waals surface area contributed by atoms with Gasteiger partial charge in [0.1, 0.15) is 0 Å². The molecule has 1 saturated carbocycles. The number of nitrogens with zero attached hydrogens (tertiary/aromatic N) is 1. The van der Waals surface area contributed by atoms with E-state index in [0.29, 0.717) is 21.8 Å². The number of nitrogens with one attached hydrogen (secondary N) is 1. The first kappa shape index (κ1) is 18.7. The second kappa shape index (κ2) is 7.76. The van der Waals surface area contributed by atoms with Gasteiger partial charge >= 0.3 is 0 Å². The van der Waals surface area contributed by atoms with Gasteiger partial charge < -0.3 is 5.32 Å². The van der Waals surface area contributed by atoms with Crippen LogP contribution in [-0.2, 0) is 4.79 Å². The van der Waals surface area contributed by atoms with Gasteiger partial charge in [-0.15, -0.1) is 0 Å². The summed E-state index contributed by atoms with van der Waals surface area (Å²) < 4.78 is 0. The van der Waals surface area contributed by atoms with Gasteiger partial charge in [-0.1, -0.05) is 36.6 Å². The number of halogens is 1. The number of rotatable bonds is 4. The van der Waals surface area contributed by atoms with E-state index in [0.717, 1.165) is 25.7 Å². The van der Waals surface area contributed by atoms with Crippen molar-refractivity contribution in [1.29, 1.82) is 0 Å². The van der Waals surface area contributed by atoms with E-state index < -0.39 is 0 Å². The molecule has 0 radical (unpaired) electrons. The molecule has 1 aliphatic heterocycles. The maximum Gasteiger partial charge on any atom is 0.261 e. The molecule has 1 aliphatic carbocycles. The van der Waals surface area contributed by atoms with Crippen LogP contribution in [0, 0.1) is 11.8 Å². The van der Waals surface area contributed by atoms with E-state index in [2.05, 4.69) is 5.32 Å². The van der Waals surface area contributed by atoms with Crippen molar-refractivity contribution in [3.8, 4) is 0 Å². The van der Waals surface area contributed by atoms with Gasteiger partial charge in [-0.05, 0) is 55.2 Å². The summed E-state index contributed by atoms with van der Waals surface area (Å²) in [5.41, 5.74) is 1.59. The largest absolute Gasteiger partial charge is 0.326 e. The summed E-state index contributed by atoms with van der Waals surface area (Å²) in [5, 5.41) is 3.56. The lowest BCUT2D eigenvalue weighted by Gasteiger charge is -2.32. The molecule has 0 spiro atoms. The number of fused-ring (bicyclic) bond motifs is 1. The number of benzene rings is 2. The second-order valence-corrected chi connectivity index (χ2v) is 7.85. The Hall–Kier alpha value is -2.66. The van der Waals surface area contributed by atoms with E-state index in [1.165, 1.54) is 4.90 Å². The van der Waals surface area contributed by atoms with Gasteiger partial charge in [0.2, 0.25) is 5.91 Å². The van der Waals surface area contributed by atoms with Crippen LogP contribution in [0.15, 0.2) is 48.5 Å². The Bertz CT molecular complexity index is 891. The quantitative estimate of drug-likeness (QED) is 0.780. The van der Waals surface area contributed by atoms with Gasteiger partial charge in [0.25, 0.3) is 11.8 Å². The van der Waals surface area contributed by atoms with Gasteiger partial charge in [0.15, 0.2) is 0 Å². The van der Waals surface area contributed by atoms with Gasteiger partial charge in [0.05, 0.1) is 11.1 Å². The van der Waals surface area contributed by atoms with Crippen LogP contribution in [0.4, 0.5) is 5.69 Å². The van der Waals surface area contributed by atoms with Crippen LogP contribution >= 0.6 is 11.6 Å². The van der Waals surface area contributed by atoms with Crippen molar-refractivity contribution in [3.05, 3.63) is 64.7 Å². The molecular formula is C22H21ClN2O3. The van der Waals surface area contributed by atoms with Crippen molar-refractivity contribution >= 4 is 35.0 Å². The molecule has 3 amide bonds. The second-order valence-electron chi connectivity index (χ2n) is 7.41. The zero-order chi connectivity index (χ0) is 19.7. The lowest BCUT2D eigenvalue weighted by Crippen LogP contribution is -2.41. The number of hydrogen-bond donors (Lipinski definition) is 1. The minimum Gasteiger partial charge on any atom is -0.326 e. The van der Waals surface area contributed by atoms with Crippen LogP contribution in [0.5, 0.6) is 0 Å². The number of carbonyl (C=O) groups excluding carboxylic acids is 3. The Morgan fingerprint density at radius 2 is 1.57 bits per heavy atom. The SMILES string of the molecule is O=C(Nc1ccc(Cl)cc1)C1CCCCC1CN1C(=O)c2ccccc2C1=O. The van der Waals surface area contributed by atoms with Crippen LogP contribution in [0.2, 0.25) is 5.02 Å². The fourth-order valence-electron chi connectivity index (χ4n) is 4.18. The topological polar surface area (TPSA) is 66.5 Å². The molecule has 4 rings (SSSR count). The highest BCUT2D eigenvalue weighted by atomic mass is 35.5. The zero-order valence-electron chi connectivity index (χ0n) is 15.4. The number of anilines is 1. The molecule has 144 valence electrons. The lowest BCUT2D eigenvalue weighted by atomic mass is 9.78. The van der Waals surface area contributed by atoms with Crippen molar-refractivity contribution in [1.82, 2.24) is 4.90 Å². The predicted molar refractivity (Wildman–Crippen MR) is 107 cm³/mol. The molecule has 2 aromatic carbocycles. The van der Waals surface area contributed by atoms with Crippen LogP contribution in [0.1, 0.15) is 46.4 Å². The third-order valence-electron chi connectivity index (χ3n) is 5.65. The molecule has 0 bridgehead atoms. The van der Waals surface area contributed by atoms with E-state index in [9.17, 15) is 14.4 Å². The molecule has 0 saturated heterocycles. The van der Waals surface area contributed by atoms with E-state index >= 15 is 0 Å². The average molecular weight is 397 g/mol. The fourth-order valence-corrected chi connectivity index (χ4v) is 4.30. The smallest absolute Gasteiger partial charge is 0.261 e.